The van der Waals surface area contributed by atoms with Crippen molar-refractivity contribution in [1.29, 1.82) is 0 Å². The van der Waals surface area contributed by atoms with Gasteiger partial charge >= 0.3 is 0 Å². The van der Waals surface area contributed by atoms with E-state index in [1.54, 1.807) is 44.4 Å². The number of halogens is 1. The molecule has 1 amide bonds. The Morgan fingerprint density at radius 1 is 1.27 bits per heavy atom. The fraction of sp³-hybridized carbons (Fsp3) is 0.200. The van der Waals surface area contributed by atoms with Crippen LogP contribution in [0.2, 0.25) is 0 Å². The molecule has 0 saturated carbocycles. The molecular weight excluding hydrogens is 368 g/mol. The molecule has 116 valence electrons. The molecule has 0 atom stereocenters. The van der Waals surface area contributed by atoms with Crippen molar-refractivity contribution < 1.29 is 13.2 Å². The third-order valence-corrected chi connectivity index (χ3v) is 5.53. The van der Waals surface area contributed by atoms with Crippen molar-refractivity contribution in [3.8, 4) is 0 Å². The lowest BCUT2D eigenvalue weighted by Gasteiger charge is -2.17. The maximum atomic E-state index is 12.5. The van der Waals surface area contributed by atoms with Crippen LogP contribution in [-0.2, 0) is 9.84 Å². The van der Waals surface area contributed by atoms with Gasteiger partial charge in [0.25, 0.3) is 5.91 Å². The second kappa shape index (κ2) is 6.58. The van der Waals surface area contributed by atoms with Gasteiger partial charge in [0.1, 0.15) is 5.82 Å². The van der Waals surface area contributed by atoms with Crippen LogP contribution >= 0.6 is 15.9 Å². The molecule has 22 heavy (non-hydrogen) atoms. The maximum absolute atomic E-state index is 12.5. The number of pyridine rings is 1. The van der Waals surface area contributed by atoms with E-state index >= 15 is 0 Å². The summed E-state index contributed by atoms with van der Waals surface area (Å²) in [4.78, 5) is 18.2. The molecule has 0 saturated heterocycles. The summed E-state index contributed by atoms with van der Waals surface area (Å²) >= 11 is 3.34. The van der Waals surface area contributed by atoms with E-state index in [1.165, 1.54) is 17.0 Å². The zero-order chi connectivity index (χ0) is 16.3. The molecule has 0 bridgehead atoms. The van der Waals surface area contributed by atoms with Crippen LogP contribution in [0.25, 0.3) is 0 Å². The first-order chi connectivity index (χ1) is 10.4. The number of hydrogen-bond donors (Lipinski definition) is 0. The Kier molecular flexibility index (Phi) is 4.97. The number of nitrogens with zero attached hydrogens (tertiary/aromatic N) is 2. The third kappa shape index (κ3) is 3.36. The molecule has 2 rings (SSSR count). The smallest absolute Gasteiger partial charge is 0.259 e. The zero-order valence-electron chi connectivity index (χ0n) is 12.2. The van der Waals surface area contributed by atoms with E-state index in [2.05, 4.69) is 20.9 Å². The van der Waals surface area contributed by atoms with Gasteiger partial charge in [0.15, 0.2) is 9.84 Å². The fourth-order valence-electron chi connectivity index (χ4n) is 1.90. The molecule has 1 aromatic carbocycles. The average Bonchev–Trinajstić information content (AvgIpc) is 2.54. The van der Waals surface area contributed by atoms with Crippen molar-refractivity contribution in [2.24, 2.45) is 0 Å². The van der Waals surface area contributed by atoms with Gasteiger partial charge in [-0.15, -0.1) is 0 Å². The SMILES string of the molecule is CCS(=O)(=O)c1cccc(C(=O)N(C)c2ncccc2Br)c1. The van der Waals surface area contributed by atoms with Crippen molar-refractivity contribution in [1.82, 2.24) is 4.98 Å². The minimum Gasteiger partial charge on any atom is -0.295 e. The second-order valence-electron chi connectivity index (χ2n) is 4.60. The predicted molar refractivity (Wildman–Crippen MR) is 88.8 cm³/mol. The Morgan fingerprint density at radius 2 is 2.00 bits per heavy atom. The van der Waals surface area contributed by atoms with Crippen LogP contribution in [0.5, 0.6) is 0 Å². The Labute approximate surface area is 138 Å². The van der Waals surface area contributed by atoms with E-state index in [0.29, 0.717) is 15.9 Å². The number of amides is 1. The van der Waals surface area contributed by atoms with Gasteiger partial charge < -0.3 is 0 Å². The number of aromatic nitrogens is 1. The van der Waals surface area contributed by atoms with E-state index < -0.39 is 9.84 Å². The molecule has 0 unspecified atom stereocenters. The van der Waals surface area contributed by atoms with Crippen molar-refractivity contribution in [2.45, 2.75) is 11.8 Å². The molecule has 1 heterocycles. The molecule has 5 nitrogen and oxygen atoms in total. The Bertz CT molecular complexity index is 806. The number of sulfone groups is 1. The van der Waals surface area contributed by atoms with Gasteiger partial charge in [-0.25, -0.2) is 13.4 Å². The highest BCUT2D eigenvalue weighted by Gasteiger charge is 2.19. The summed E-state index contributed by atoms with van der Waals surface area (Å²) in [6, 6.07) is 9.58. The Morgan fingerprint density at radius 3 is 2.64 bits per heavy atom. The lowest BCUT2D eigenvalue weighted by molar-refractivity contribution is 0.0992. The lowest BCUT2D eigenvalue weighted by Crippen LogP contribution is -2.27. The molecule has 0 aliphatic rings. The molecule has 0 fully saturated rings. The summed E-state index contributed by atoms with van der Waals surface area (Å²) < 4.78 is 24.5. The quantitative estimate of drug-likeness (QED) is 0.814. The highest BCUT2D eigenvalue weighted by Crippen LogP contribution is 2.24. The minimum atomic E-state index is -3.35. The number of anilines is 1. The van der Waals surface area contributed by atoms with Crippen LogP contribution < -0.4 is 4.90 Å². The summed E-state index contributed by atoms with van der Waals surface area (Å²) in [5, 5.41) is 0. The lowest BCUT2D eigenvalue weighted by atomic mass is 10.2. The monoisotopic (exact) mass is 382 g/mol. The van der Waals surface area contributed by atoms with E-state index in [9.17, 15) is 13.2 Å². The Balaban J connectivity index is 2.38. The summed E-state index contributed by atoms with van der Waals surface area (Å²) in [6.07, 6.45) is 1.59. The molecule has 0 radical (unpaired) electrons. The van der Waals surface area contributed by atoms with Crippen LogP contribution in [0.4, 0.5) is 5.82 Å². The highest BCUT2D eigenvalue weighted by atomic mass is 79.9. The van der Waals surface area contributed by atoms with E-state index in [0.717, 1.165) is 0 Å². The minimum absolute atomic E-state index is 0.00767. The summed E-state index contributed by atoms with van der Waals surface area (Å²) in [5.41, 5.74) is 0.301. The molecule has 2 aromatic rings. The molecule has 0 spiro atoms. The first-order valence-corrected chi connectivity index (χ1v) is 9.02. The van der Waals surface area contributed by atoms with Crippen molar-refractivity contribution in [3.63, 3.8) is 0 Å². The molecular formula is C15H15BrN2O3S. The maximum Gasteiger partial charge on any atom is 0.259 e. The number of benzene rings is 1. The number of rotatable bonds is 4. The van der Waals surface area contributed by atoms with Crippen molar-refractivity contribution >= 4 is 37.5 Å². The van der Waals surface area contributed by atoms with Gasteiger partial charge in [0.05, 0.1) is 15.1 Å². The molecule has 0 aliphatic carbocycles. The number of hydrogen-bond acceptors (Lipinski definition) is 4. The second-order valence-corrected chi connectivity index (χ2v) is 7.74. The van der Waals surface area contributed by atoms with Crippen LogP contribution in [0.1, 0.15) is 17.3 Å². The zero-order valence-corrected chi connectivity index (χ0v) is 14.6. The largest absolute Gasteiger partial charge is 0.295 e. The van der Waals surface area contributed by atoms with Crippen LogP contribution in [-0.4, -0.2) is 32.1 Å². The van der Waals surface area contributed by atoms with Crippen LogP contribution in [0.15, 0.2) is 52.0 Å². The summed E-state index contributed by atoms with van der Waals surface area (Å²) in [7, 11) is -1.75. The Hall–Kier alpha value is -1.73. The van der Waals surface area contributed by atoms with Gasteiger partial charge in [-0.3, -0.25) is 9.69 Å². The van der Waals surface area contributed by atoms with Crippen LogP contribution in [0, 0.1) is 0 Å². The normalized spacial score (nSPS) is 11.2. The highest BCUT2D eigenvalue weighted by molar-refractivity contribution is 9.10. The fourth-order valence-corrected chi connectivity index (χ4v) is 3.35. The van der Waals surface area contributed by atoms with Gasteiger partial charge in [-0.1, -0.05) is 13.0 Å². The number of carbonyl (C=O) groups excluding carboxylic acids is 1. The van der Waals surface area contributed by atoms with Crippen LogP contribution in [0.3, 0.4) is 0 Å². The van der Waals surface area contributed by atoms with Gasteiger partial charge in [0.2, 0.25) is 0 Å². The van der Waals surface area contributed by atoms with Gasteiger partial charge in [-0.05, 0) is 46.3 Å². The number of carbonyl (C=O) groups is 1. The van der Waals surface area contributed by atoms with E-state index in [1.807, 2.05) is 0 Å². The topological polar surface area (TPSA) is 67.3 Å². The predicted octanol–water partition coefficient (Wildman–Crippen LogP) is 2.91. The van der Waals surface area contributed by atoms with E-state index in [-0.39, 0.29) is 16.6 Å². The van der Waals surface area contributed by atoms with Crippen molar-refractivity contribution in [2.75, 3.05) is 17.7 Å². The molecule has 1 aromatic heterocycles. The third-order valence-electron chi connectivity index (χ3n) is 3.18. The summed E-state index contributed by atoms with van der Waals surface area (Å²) in [5.74, 6) is 0.135. The van der Waals surface area contributed by atoms with Crippen molar-refractivity contribution in [3.05, 3.63) is 52.6 Å². The van der Waals surface area contributed by atoms with Gasteiger partial charge in [-0.2, -0.15) is 0 Å². The summed E-state index contributed by atoms with van der Waals surface area (Å²) in [6.45, 7) is 1.57. The first kappa shape index (κ1) is 16.6. The molecule has 0 aliphatic heterocycles. The standard InChI is InChI=1S/C15H15BrN2O3S/c1-3-22(20,21)12-7-4-6-11(10-12)15(19)18(2)14-13(16)8-5-9-17-14/h4-10H,3H2,1-2H3. The average molecular weight is 383 g/mol. The van der Waals surface area contributed by atoms with E-state index in [4.69, 9.17) is 0 Å². The molecule has 7 heteroatoms. The van der Waals surface area contributed by atoms with Gasteiger partial charge in [0, 0.05) is 18.8 Å². The first-order valence-electron chi connectivity index (χ1n) is 6.58. The molecule has 0 N–H and O–H groups in total.